The van der Waals surface area contributed by atoms with Gasteiger partial charge in [0.05, 0.1) is 5.41 Å². The molecule has 0 aliphatic rings. The van der Waals surface area contributed by atoms with Crippen molar-refractivity contribution in [2.45, 2.75) is 13.8 Å². The third-order valence-corrected chi connectivity index (χ3v) is 2.52. The first kappa shape index (κ1) is 14.0. The Hall–Kier alpha value is -2.11. The van der Waals surface area contributed by atoms with Crippen LogP contribution in [-0.4, -0.2) is 35.6 Å². The van der Waals surface area contributed by atoms with Crippen molar-refractivity contribution in [1.29, 1.82) is 0 Å². The largest absolute Gasteiger partial charge is 0.477 e. The summed E-state index contributed by atoms with van der Waals surface area (Å²) < 4.78 is 0. The van der Waals surface area contributed by atoms with Crippen LogP contribution in [0.2, 0.25) is 0 Å². The second-order valence-corrected chi connectivity index (χ2v) is 4.53. The number of pyridine rings is 1. The maximum absolute atomic E-state index is 11.6. The molecule has 0 radical (unpaired) electrons. The number of carboxylic acids is 1. The average Bonchev–Trinajstić information content (AvgIpc) is 2.35. The average molecular weight is 251 g/mol. The quantitative estimate of drug-likeness (QED) is 0.725. The monoisotopic (exact) mass is 251 g/mol. The van der Waals surface area contributed by atoms with E-state index in [2.05, 4.69) is 15.6 Å². The van der Waals surface area contributed by atoms with E-state index in [0.29, 0.717) is 12.4 Å². The number of hydrogen-bond donors (Lipinski definition) is 3. The van der Waals surface area contributed by atoms with E-state index in [1.807, 2.05) is 0 Å². The van der Waals surface area contributed by atoms with E-state index in [-0.39, 0.29) is 11.6 Å². The summed E-state index contributed by atoms with van der Waals surface area (Å²) in [7, 11) is 1.58. The number of carboxylic acid groups (broad SMARTS) is 1. The minimum Gasteiger partial charge on any atom is -0.477 e. The Labute approximate surface area is 105 Å². The molecule has 0 spiro atoms. The fraction of sp³-hybridized carbons (Fsp3) is 0.417. The lowest BCUT2D eigenvalue weighted by Crippen LogP contribution is -2.39. The molecule has 6 nitrogen and oxygen atoms in total. The summed E-state index contributed by atoms with van der Waals surface area (Å²) in [5.41, 5.74) is -0.631. The van der Waals surface area contributed by atoms with Gasteiger partial charge in [0.2, 0.25) is 5.91 Å². The maximum Gasteiger partial charge on any atom is 0.354 e. The summed E-state index contributed by atoms with van der Waals surface area (Å²) in [6.45, 7) is 3.95. The fourth-order valence-corrected chi connectivity index (χ4v) is 1.38. The molecule has 1 heterocycles. The van der Waals surface area contributed by atoms with Crippen LogP contribution in [0.25, 0.3) is 0 Å². The summed E-state index contributed by atoms with van der Waals surface area (Å²) in [5, 5.41) is 14.3. The Morgan fingerprint density at radius 2 is 2.06 bits per heavy atom. The zero-order chi connectivity index (χ0) is 13.8. The highest BCUT2D eigenvalue weighted by Gasteiger charge is 2.26. The van der Waals surface area contributed by atoms with Gasteiger partial charge in [-0.1, -0.05) is 6.07 Å². The number of nitrogens with one attached hydrogen (secondary N) is 2. The van der Waals surface area contributed by atoms with Crippen LogP contribution in [-0.2, 0) is 4.79 Å². The first-order valence-corrected chi connectivity index (χ1v) is 5.53. The molecule has 0 unspecified atom stereocenters. The molecule has 1 amide bonds. The molecule has 3 N–H and O–H groups in total. The van der Waals surface area contributed by atoms with Crippen LogP contribution < -0.4 is 10.6 Å². The van der Waals surface area contributed by atoms with Gasteiger partial charge in [0.15, 0.2) is 5.69 Å². The Morgan fingerprint density at radius 3 is 2.61 bits per heavy atom. The van der Waals surface area contributed by atoms with Crippen LogP contribution in [0.4, 0.5) is 5.82 Å². The Balaban J connectivity index is 2.72. The van der Waals surface area contributed by atoms with Crippen LogP contribution in [0.1, 0.15) is 24.3 Å². The van der Waals surface area contributed by atoms with Gasteiger partial charge in [-0.3, -0.25) is 4.79 Å². The highest BCUT2D eigenvalue weighted by molar-refractivity contribution is 5.85. The van der Waals surface area contributed by atoms with Crippen molar-refractivity contribution in [1.82, 2.24) is 10.3 Å². The zero-order valence-corrected chi connectivity index (χ0v) is 10.7. The lowest BCUT2D eigenvalue weighted by atomic mass is 9.92. The number of aromatic nitrogens is 1. The number of carbonyl (C=O) groups excluding carboxylic acids is 1. The van der Waals surface area contributed by atoms with Gasteiger partial charge in [-0.2, -0.15) is 0 Å². The number of hydrogen-bond acceptors (Lipinski definition) is 4. The molecule has 6 heteroatoms. The van der Waals surface area contributed by atoms with Crippen LogP contribution in [0, 0.1) is 5.41 Å². The molecule has 0 aliphatic heterocycles. The molecule has 0 atom stereocenters. The summed E-state index contributed by atoms with van der Waals surface area (Å²) in [5.74, 6) is -0.736. The van der Waals surface area contributed by atoms with Gasteiger partial charge in [-0.25, -0.2) is 9.78 Å². The van der Waals surface area contributed by atoms with E-state index in [1.54, 1.807) is 33.0 Å². The molecule has 0 fully saturated rings. The number of rotatable bonds is 5. The highest BCUT2D eigenvalue weighted by Crippen LogP contribution is 2.16. The smallest absolute Gasteiger partial charge is 0.354 e. The zero-order valence-electron chi connectivity index (χ0n) is 10.7. The first-order chi connectivity index (χ1) is 8.36. The second kappa shape index (κ2) is 5.48. The van der Waals surface area contributed by atoms with Gasteiger partial charge in [0.1, 0.15) is 5.82 Å². The van der Waals surface area contributed by atoms with Gasteiger partial charge in [0, 0.05) is 13.6 Å². The Morgan fingerprint density at radius 1 is 1.39 bits per heavy atom. The van der Waals surface area contributed by atoms with Crippen molar-refractivity contribution < 1.29 is 14.7 Å². The third-order valence-electron chi connectivity index (χ3n) is 2.52. The molecule has 1 rings (SSSR count). The second-order valence-electron chi connectivity index (χ2n) is 4.53. The van der Waals surface area contributed by atoms with E-state index < -0.39 is 11.4 Å². The van der Waals surface area contributed by atoms with E-state index in [4.69, 9.17) is 5.11 Å². The van der Waals surface area contributed by atoms with Crippen LogP contribution in [0.15, 0.2) is 18.2 Å². The van der Waals surface area contributed by atoms with Crippen molar-refractivity contribution in [3.05, 3.63) is 23.9 Å². The highest BCUT2D eigenvalue weighted by atomic mass is 16.4. The predicted octanol–water partition coefficient (Wildman–Crippen LogP) is 0.964. The number of carbonyl (C=O) groups is 2. The number of anilines is 1. The number of aromatic carboxylic acids is 1. The molecule has 0 saturated heterocycles. The standard InChI is InChI=1S/C12H17N3O3/c1-12(2,11(18)13-3)7-14-9-6-4-5-8(15-9)10(16)17/h4-6H,7H2,1-3H3,(H,13,18)(H,14,15)(H,16,17). The summed E-state index contributed by atoms with van der Waals surface area (Å²) in [4.78, 5) is 26.2. The molecule has 1 aromatic heterocycles. The van der Waals surface area contributed by atoms with Crippen molar-refractivity contribution in [3.63, 3.8) is 0 Å². The van der Waals surface area contributed by atoms with E-state index in [9.17, 15) is 9.59 Å². The summed E-state index contributed by atoms with van der Waals surface area (Å²) in [6, 6.07) is 4.68. The lowest BCUT2D eigenvalue weighted by Gasteiger charge is -2.23. The third kappa shape index (κ3) is 3.44. The summed E-state index contributed by atoms with van der Waals surface area (Å²) >= 11 is 0. The first-order valence-electron chi connectivity index (χ1n) is 5.53. The van der Waals surface area contributed by atoms with Crippen LogP contribution >= 0.6 is 0 Å². The molecular formula is C12H17N3O3. The van der Waals surface area contributed by atoms with Gasteiger partial charge < -0.3 is 15.7 Å². The van der Waals surface area contributed by atoms with Gasteiger partial charge in [-0.05, 0) is 26.0 Å². The van der Waals surface area contributed by atoms with Crippen molar-refractivity contribution in [2.75, 3.05) is 18.9 Å². The van der Waals surface area contributed by atoms with Gasteiger partial charge in [0.25, 0.3) is 0 Å². The molecule has 98 valence electrons. The van der Waals surface area contributed by atoms with E-state index >= 15 is 0 Å². The molecule has 18 heavy (non-hydrogen) atoms. The van der Waals surface area contributed by atoms with Gasteiger partial charge in [-0.15, -0.1) is 0 Å². The lowest BCUT2D eigenvalue weighted by molar-refractivity contribution is -0.128. The SMILES string of the molecule is CNC(=O)C(C)(C)CNc1cccc(C(=O)O)n1. The van der Waals surface area contributed by atoms with Crippen molar-refractivity contribution in [3.8, 4) is 0 Å². The number of amides is 1. The molecule has 0 saturated carbocycles. The molecule has 0 bridgehead atoms. The minimum absolute atomic E-state index is 0.0299. The molecular weight excluding hydrogens is 234 g/mol. The van der Waals surface area contributed by atoms with E-state index in [1.165, 1.54) is 6.07 Å². The van der Waals surface area contributed by atoms with Gasteiger partial charge >= 0.3 is 5.97 Å². The molecule has 0 aliphatic carbocycles. The fourth-order valence-electron chi connectivity index (χ4n) is 1.38. The number of nitrogens with zero attached hydrogens (tertiary/aromatic N) is 1. The molecule has 1 aromatic rings. The Kier molecular flexibility index (Phi) is 4.25. The predicted molar refractivity (Wildman–Crippen MR) is 67.5 cm³/mol. The van der Waals surface area contributed by atoms with Crippen molar-refractivity contribution in [2.24, 2.45) is 5.41 Å². The van der Waals surface area contributed by atoms with Crippen LogP contribution in [0.5, 0.6) is 0 Å². The summed E-state index contributed by atoms with van der Waals surface area (Å²) in [6.07, 6.45) is 0. The van der Waals surface area contributed by atoms with Crippen molar-refractivity contribution >= 4 is 17.7 Å². The maximum atomic E-state index is 11.6. The molecule has 0 aromatic carbocycles. The van der Waals surface area contributed by atoms with E-state index in [0.717, 1.165) is 0 Å². The minimum atomic E-state index is -1.08. The van der Waals surface area contributed by atoms with Crippen LogP contribution in [0.3, 0.4) is 0 Å². The normalized spacial score (nSPS) is 10.8. The Bertz CT molecular complexity index is 458. The topological polar surface area (TPSA) is 91.3 Å².